The predicted molar refractivity (Wildman–Crippen MR) is 84.4 cm³/mol. The number of hydrogen-bond acceptors (Lipinski definition) is 3. The van der Waals surface area contributed by atoms with Gasteiger partial charge in [0.15, 0.2) is 0 Å². The number of phenolic OH excluding ortho intramolecular Hbond substituents is 1. The zero-order valence-electron chi connectivity index (χ0n) is 13.0. The van der Waals surface area contributed by atoms with Crippen LogP contribution < -0.4 is 5.43 Å². The lowest BCUT2D eigenvalue weighted by Gasteiger charge is -2.34. The summed E-state index contributed by atoms with van der Waals surface area (Å²) in [7, 11) is 0. The van der Waals surface area contributed by atoms with Gasteiger partial charge in [-0.2, -0.15) is 5.10 Å². The van der Waals surface area contributed by atoms with E-state index in [0.29, 0.717) is 11.3 Å². The van der Waals surface area contributed by atoms with E-state index in [0.717, 1.165) is 31.4 Å². The molecule has 1 saturated carbocycles. The van der Waals surface area contributed by atoms with Crippen LogP contribution >= 0.6 is 0 Å². The van der Waals surface area contributed by atoms with Gasteiger partial charge < -0.3 is 5.11 Å². The fourth-order valence-electron chi connectivity index (χ4n) is 2.78. The topological polar surface area (TPSA) is 61.7 Å². The van der Waals surface area contributed by atoms with Crippen molar-refractivity contribution < 1.29 is 9.90 Å². The van der Waals surface area contributed by atoms with Gasteiger partial charge in [0, 0.05) is 5.71 Å². The van der Waals surface area contributed by atoms with Crippen LogP contribution in [-0.4, -0.2) is 16.7 Å². The summed E-state index contributed by atoms with van der Waals surface area (Å²) in [6.45, 7) is 6.83. The zero-order valence-corrected chi connectivity index (χ0v) is 13.0. The van der Waals surface area contributed by atoms with Gasteiger partial charge in [0.1, 0.15) is 5.75 Å². The molecule has 21 heavy (non-hydrogen) atoms. The van der Waals surface area contributed by atoms with Gasteiger partial charge in [0.25, 0.3) is 5.91 Å². The maximum atomic E-state index is 12.0. The van der Waals surface area contributed by atoms with Gasteiger partial charge in [-0.1, -0.05) is 32.9 Å². The van der Waals surface area contributed by atoms with Crippen molar-refractivity contribution >= 4 is 11.6 Å². The molecule has 1 fully saturated rings. The summed E-state index contributed by atoms with van der Waals surface area (Å²) in [5.74, 6) is 0.329. The number of hydrogen-bond donors (Lipinski definition) is 2. The molecule has 1 aromatic rings. The van der Waals surface area contributed by atoms with E-state index in [1.165, 1.54) is 6.07 Å². The van der Waals surface area contributed by atoms with E-state index in [-0.39, 0.29) is 17.2 Å². The quantitative estimate of drug-likeness (QED) is 0.815. The number of nitrogens with one attached hydrogen (secondary N) is 1. The van der Waals surface area contributed by atoms with E-state index in [1.54, 1.807) is 18.2 Å². The molecular weight excluding hydrogens is 264 g/mol. The van der Waals surface area contributed by atoms with Crippen molar-refractivity contribution in [2.75, 3.05) is 0 Å². The second-order valence-electron chi connectivity index (χ2n) is 6.78. The van der Waals surface area contributed by atoms with E-state index >= 15 is 0 Å². The molecule has 0 radical (unpaired) electrons. The Hall–Kier alpha value is -1.84. The third-order valence-electron chi connectivity index (χ3n) is 4.25. The average molecular weight is 288 g/mol. The van der Waals surface area contributed by atoms with Crippen molar-refractivity contribution in [3.63, 3.8) is 0 Å². The van der Waals surface area contributed by atoms with Crippen molar-refractivity contribution in [1.29, 1.82) is 0 Å². The highest BCUT2D eigenvalue weighted by Crippen LogP contribution is 2.36. The summed E-state index contributed by atoms with van der Waals surface area (Å²) in [6.07, 6.45) is 4.11. The maximum absolute atomic E-state index is 12.0. The molecular formula is C17H24N2O2. The standard InChI is InChI=1S/C17H24N2O2/c1-17(2,3)12-8-10-13(11-9-12)18-19-16(21)14-6-4-5-7-15(14)20/h4-7,12,20H,8-11H2,1-3H3,(H,19,21). The van der Waals surface area contributed by atoms with Crippen LogP contribution in [0.15, 0.2) is 29.4 Å². The van der Waals surface area contributed by atoms with E-state index in [4.69, 9.17) is 0 Å². The van der Waals surface area contributed by atoms with Gasteiger partial charge >= 0.3 is 0 Å². The fourth-order valence-corrected chi connectivity index (χ4v) is 2.78. The largest absolute Gasteiger partial charge is 0.507 e. The smallest absolute Gasteiger partial charge is 0.275 e. The molecule has 0 aliphatic heterocycles. The number of amides is 1. The summed E-state index contributed by atoms with van der Waals surface area (Å²) in [6, 6.07) is 6.49. The zero-order chi connectivity index (χ0) is 15.5. The van der Waals surface area contributed by atoms with E-state index < -0.39 is 0 Å². The Kier molecular flexibility index (Phi) is 4.66. The molecule has 114 valence electrons. The average Bonchev–Trinajstić information content (AvgIpc) is 2.45. The minimum atomic E-state index is -0.362. The van der Waals surface area contributed by atoms with Crippen LogP contribution in [0, 0.1) is 11.3 Å². The van der Waals surface area contributed by atoms with Crippen LogP contribution in [0.4, 0.5) is 0 Å². The molecule has 1 aliphatic carbocycles. The van der Waals surface area contributed by atoms with Crippen molar-refractivity contribution in [1.82, 2.24) is 5.43 Å². The summed E-state index contributed by atoms with van der Waals surface area (Å²) < 4.78 is 0. The van der Waals surface area contributed by atoms with E-state index in [1.807, 2.05) is 0 Å². The molecule has 1 aliphatic rings. The maximum Gasteiger partial charge on any atom is 0.275 e. The summed E-state index contributed by atoms with van der Waals surface area (Å²) in [5.41, 5.74) is 4.19. The van der Waals surface area contributed by atoms with Gasteiger partial charge in [0.2, 0.25) is 0 Å². The molecule has 2 N–H and O–H groups in total. The third-order valence-corrected chi connectivity index (χ3v) is 4.25. The van der Waals surface area contributed by atoms with Crippen LogP contribution in [-0.2, 0) is 0 Å². The van der Waals surface area contributed by atoms with Gasteiger partial charge in [-0.05, 0) is 49.1 Å². The van der Waals surface area contributed by atoms with Crippen molar-refractivity contribution in [2.45, 2.75) is 46.5 Å². The number of carbonyl (C=O) groups is 1. The number of benzene rings is 1. The highest BCUT2D eigenvalue weighted by Gasteiger charge is 2.28. The highest BCUT2D eigenvalue weighted by atomic mass is 16.3. The Morgan fingerprint density at radius 1 is 1.24 bits per heavy atom. The van der Waals surface area contributed by atoms with E-state index in [9.17, 15) is 9.90 Å². The molecule has 0 aromatic heterocycles. The van der Waals surface area contributed by atoms with Crippen LogP contribution in [0.1, 0.15) is 56.8 Å². The minimum Gasteiger partial charge on any atom is -0.507 e. The summed E-state index contributed by atoms with van der Waals surface area (Å²) in [4.78, 5) is 12.0. The van der Waals surface area contributed by atoms with Crippen molar-refractivity contribution in [3.05, 3.63) is 29.8 Å². The number of para-hydroxylation sites is 1. The van der Waals surface area contributed by atoms with Crippen LogP contribution in [0.2, 0.25) is 0 Å². The predicted octanol–water partition coefficient (Wildman–Crippen LogP) is 3.71. The number of hydrazone groups is 1. The minimum absolute atomic E-state index is 0.0216. The molecule has 0 saturated heterocycles. The lowest BCUT2D eigenvalue weighted by atomic mass is 9.72. The first-order chi connectivity index (χ1) is 9.88. The Morgan fingerprint density at radius 2 is 1.86 bits per heavy atom. The van der Waals surface area contributed by atoms with Gasteiger partial charge in [0.05, 0.1) is 5.56 Å². The molecule has 0 heterocycles. The molecule has 0 bridgehead atoms. The van der Waals surface area contributed by atoms with E-state index in [2.05, 4.69) is 31.3 Å². The van der Waals surface area contributed by atoms with Gasteiger partial charge in [-0.25, -0.2) is 5.43 Å². The second kappa shape index (κ2) is 6.29. The number of aromatic hydroxyl groups is 1. The van der Waals surface area contributed by atoms with Crippen LogP contribution in [0.25, 0.3) is 0 Å². The summed E-state index contributed by atoms with van der Waals surface area (Å²) in [5, 5.41) is 13.9. The molecule has 0 spiro atoms. The first-order valence-electron chi connectivity index (χ1n) is 7.51. The first-order valence-corrected chi connectivity index (χ1v) is 7.51. The normalized spacial score (nSPS) is 19.2. The molecule has 2 rings (SSSR count). The number of phenols is 1. The number of nitrogens with zero attached hydrogens (tertiary/aromatic N) is 1. The Morgan fingerprint density at radius 3 is 2.43 bits per heavy atom. The van der Waals surface area contributed by atoms with Crippen molar-refractivity contribution in [2.24, 2.45) is 16.4 Å². The Bertz CT molecular complexity index is 534. The lowest BCUT2D eigenvalue weighted by molar-refractivity contribution is 0.0951. The SMILES string of the molecule is CC(C)(C)C1CCC(=NNC(=O)c2ccccc2O)CC1. The second-order valence-corrected chi connectivity index (χ2v) is 6.78. The fraction of sp³-hybridized carbons (Fsp3) is 0.529. The Balaban J connectivity index is 1.92. The molecule has 0 atom stereocenters. The molecule has 1 amide bonds. The highest BCUT2D eigenvalue weighted by molar-refractivity contribution is 5.97. The molecule has 1 aromatic carbocycles. The monoisotopic (exact) mass is 288 g/mol. The number of carbonyl (C=O) groups excluding carboxylic acids is 1. The summed E-state index contributed by atoms with van der Waals surface area (Å²) >= 11 is 0. The molecule has 4 heteroatoms. The first kappa shape index (κ1) is 15.5. The molecule has 0 unspecified atom stereocenters. The van der Waals surface area contributed by atoms with Crippen molar-refractivity contribution in [3.8, 4) is 5.75 Å². The van der Waals surface area contributed by atoms with Crippen LogP contribution in [0.5, 0.6) is 5.75 Å². The lowest BCUT2D eigenvalue weighted by Crippen LogP contribution is -2.27. The van der Waals surface area contributed by atoms with Gasteiger partial charge in [-0.3, -0.25) is 4.79 Å². The van der Waals surface area contributed by atoms with Gasteiger partial charge in [-0.15, -0.1) is 0 Å². The van der Waals surface area contributed by atoms with Crippen LogP contribution in [0.3, 0.4) is 0 Å². The molecule has 4 nitrogen and oxygen atoms in total. The Labute approximate surface area is 126 Å². The third kappa shape index (κ3) is 4.06. The number of rotatable bonds is 2.